The number of aromatic nitrogens is 2. The fraction of sp³-hybridized carbons (Fsp3) is 0.438. The van der Waals surface area contributed by atoms with E-state index in [0.717, 1.165) is 15.6 Å². The summed E-state index contributed by atoms with van der Waals surface area (Å²) in [5, 5.41) is 11.2. The first-order chi connectivity index (χ1) is 10.5. The second kappa shape index (κ2) is 7.74. The van der Waals surface area contributed by atoms with Crippen LogP contribution in [0.5, 0.6) is 0 Å². The van der Waals surface area contributed by atoms with Gasteiger partial charge in [-0.25, -0.2) is 0 Å². The molecule has 0 aromatic carbocycles. The highest BCUT2D eigenvalue weighted by molar-refractivity contribution is 7.99. The van der Waals surface area contributed by atoms with Gasteiger partial charge >= 0.3 is 0 Å². The summed E-state index contributed by atoms with van der Waals surface area (Å²) in [5.41, 5.74) is 0.872. The number of carbonyl (C=O) groups excluding carboxylic acids is 1. The predicted molar refractivity (Wildman–Crippen MR) is 93.2 cm³/mol. The van der Waals surface area contributed by atoms with E-state index in [1.807, 2.05) is 62.2 Å². The van der Waals surface area contributed by atoms with E-state index >= 15 is 0 Å². The molecule has 0 saturated heterocycles. The third-order valence-electron chi connectivity index (χ3n) is 3.16. The fourth-order valence-electron chi connectivity index (χ4n) is 2.34. The summed E-state index contributed by atoms with van der Waals surface area (Å²) >= 11 is 3.08. The predicted octanol–water partition coefficient (Wildman–Crippen LogP) is 3.94. The maximum Gasteiger partial charge on any atom is 0.233 e. The quantitative estimate of drug-likeness (QED) is 0.750. The lowest BCUT2D eigenvalue weighted by Crippen LogP contribution is -2.43. The molecule has 2 aromatic heterocycles. The Labute approximate surface area is 140 Å². The zero-order valence-electron chi connectivity index (χ0n) is 13.3. The summed E-state index contributed by atoms with van der Waals surface area (Å²) in [5.74, 6) is 0.530. The van der Waals surface area contributed by atoms with Gasteiger partial charge in [0, 0.05) is 12.1 Å². The molecule has 0 N–H and O–H groups in total. The molecular formula is C16H21N3OS2. The zero-order chi connectivity index (χ0) is 16.1. The number of rotatable bonds is 6. The maximum absolute atomic E-state index is 12.3. The van der Waals surface area contributed by atoms with Gasteiger partial charge in [0.15, 0.2) is 0 Å². The minimum absolute atomic E-state index is 0.138. The standard InChI is InChI=1S/C16H21N3OS2/c1-11(2)19(12(3)4)16(20)10-22-15-8-7-13(17-18-15)14-6-5-9-21-14/h5-9,11-12H,10H2,1-4H3. The summed E-state index contributed by atoms with van der Waals surface area (Å²) < 4.78 is 0. The SMILES string of the molecule is CC(C)N(C(=O)CSc1ccc(-c2cccs2)nn1)C(C)C. The lowest BCUT2D eigenvalue weighted by atomic mass is 10.2. The van der Waals surface area contributed by atoms with Crippen LogP contribution < -0.4 is 0 Å². The lowest BCUT2D eigenvalue weighted by Gasteiger charge is -2.30. The van der Waals surface area contributed by atoms with Gasteiger partial charge < -0.3 is 4.90 Å². The van der Waals surface area contributed by atoms with Crippen LogP contribution in [0.1, 0.15) is 27.7 Å². The largest absolute Gasteiger partial charge is 0.337 e. The van der Waals surface area contributed by atoms with Crippen molar-refractivity contribution >= 4 is 29.0 Å². The highest BCUT2D eigenvalue weighted by atomic mass is 32.2. The third-order valence-corrected chi connectivity index (χ3v) is 4.96. The molecule has 2 heterocycles. The van der Waals surface area contributed by atoms with Crippen LogP contribution in [0.3, 0.4) is 0 Å². The zero-order valence-corrected chi connectivity index (χ0v) is 14.9. The third kappa shape index (κ3) is 4.30. The van der Waals surface area contributed by atoms with Gasteiger partial charge in [-0.3, -0.25) is 4.79 Å². The smallest absolute Gasteiger partial charge is 0.233 e. The van der Waals surface area contributed by atoms with E-state index in [0.29, 0.717) is 5.75 Å². The first-order valence-corrected chi connectivity index (χ1v) is 9.17. The van der Waals surface area contributed by atoms with Gasteiger partial charge in [-0.2, -0.15) is 0 Å². The molecule has 22 heavy (non-hydrogen) atoms. The molecule has 0 atom stereocenters. The molecule has 0 radical (unpaired) electrons. The van der Waals surface area contributed by atoms with Crippen molar-refractivity contribution in [2.24, 2.45) is 0 Å². The van der Waals surface area contributed by atoms with Crippen molar-refractivity contribution in [3.8, 4) is 10.6 Å². The number of hydrogen-bond acceptors (Lipinski definition) is 5. The summed E-state index contributed by atoms with van der Waals surface area (Å²) in [4.78, 5) is 15.3. The minimum Gasteiger partial charge on any atom is -0.337 e. The van der Waals surface area contributed by atoms with Gasteiger partial charge in [0.05, 0.1) is 10.6 Å². The Morgan fingerprint density at radius 1 is 1.18 bits per heavy atom. The number of thiophene rings is 1. The van der Waals surface area contributed by atoms with Crippen molar-refractivity contribution < 1.29 is 4.79 Å². The van der Waals surface area contributed by atoms with E-state index in [1.54, 1.807) is 11.3 Å². The van der Waals surface area contributed by atoms with E-state index in [1.165, 1.54) is 11.8 Å². The molecule has 0 spiro atoms. The monoisotopic (exact) mass is 335 g/mol. The van der Waals surface area contributed by atoms with E-state index in [9.17, 15) is 4.79 Å². The molecule has 1 amide bonds. The van der Waals surface area contributed by atoms with Crippen molar-refractivity contribution in [1.82, 2.24) is 15.1 Å². The number of carbonyl (C=O) groups is 1. The van der Waals surface area contributed by atoms with Crippen LogP contribution in [0, 0.1) is 0 Å². The van der Waals surface area contributed by atoms with Crippen molar-refractivity contribution in [3.05, 3.63) is 29.6 Å². The van der Waals surface area contributed by atoms with Gasteiger partial charge in [0.2, 0.25) is 5.91 Å². The van der Waals surface area contributed by atoms with Gasteiger partial charge in [0.25, 0.3) is 0 Å². The van der Waals surface area contributed by atoms with Crippen LogP contribution >= 0.6 is 23.1 Å². The number of hydrogen-bond donors (Lipinski definition) is 0. The average molecular weight is 335 g/mol. The minimum atomic E-state index is 0.138. The molecule has 0 saturated carbocycles. The molecule has 0 bridgehead atoms. The van der Waals surface area contributed by atoms with Crippen molar-refractivity contribution in [1.29, 1.82) is 0 Å². The highest BCUT2D eigenvalue weighted by Gasteiger charge is 2.20. The van der Waals surface area contributed by atoms with Crippen molar-refractivity contribution in [2.75, 3.05) is 5.75 Å². The summed E-state index contributed by atoms with van der Waals surface area (Å²) in [7, 11) is 0. The number of nitrogens with zero attached hydrogens (tertiary/aromatic N) is 3. The molecular weight excluding hydrogens is 314 g/mol. The molecule has 0 unspecified atom stereocenters. The average Bonchev–Trinajstić information content (AvgIpc) is 2.99. The molecule has 2 rings (SSSR count). The summed E-state index contributed by atoms with van der Waals surface area (Å²) in [6.45, 7) is 8.16. The van der Waals surface area contributed by atoms with Crippen LogP contribution in [-0.4, -0.2) is 38.8 Å². The van der Waals surface area contributed by atoms with Gasteiger partial charge in [-0.15, -0.1) is 21.5 Å². The fourth-order valence-corrected chi connectivity index (χ4v) is 3.71. The molecule has 4 nitrogen and oxygen atoms in total. The highest BCUT2D eigenvalue weighted by Crippen LogP contribution is 2.24. The van der Waals surface area contributed by atoms with Crippen LogP contribution in [0.15, 0.2) is 34.7 Å². The first-order valence-electron chi connectivity index (χ1n) is 7.30. The van der Waals surface area contributed by atoms with Gasteiger partial charge in [0.1, 0.15) is 10.7 Å². The molecule has 6 heteroatoms. The maximum atomic E-state index is 12.3. The van der Waals surface area contributed by atoms with E-state index in [2.05, 4.69) is 10.2 Å². The van der Waals surface area contributed by atoms with Crippen molar-refractivity contribution in [3.63, 3.8) is 0 Å². The number of thioether (sulfide) groups is 1. The van der Waals surface area contributed by atoms with Gasteiger partial charge in [-0.05, 0) is 51.3 Å². The molecule has 118 valence electrons. The van der Waals surface area contributed by atoms with E-state index in [4.69, 9.17) is 0 Å². The Kier molecular flexibility index (Phi) is 5.97. The van der Waals surface area contributed by atoms with Crippen LogP contribution in [-0.2, 0) is 4.79 Å². The Hall–Kier alpha value is -1.40. The Morgan fingerprint density at radius 2 is 1.91 bits per heavy atom. The summed E-state index contributed by atoms with van der Waals surface area (Å²) in [6, 6.07) is 8.31. The van der Waals surface area contributed by atoms with E-state index in [-0.39, 0.29) is 18.0 Å². The topological polar surface area (TPSA) is 46.1 Å². The number of amides is 1. The Morgan fingerprint density at radius 3 is 2.41 bits per heavy atom. The van der Waals surface area contributed by atoms with Gasteiger partial charge in [-0.1, -0.05) is 17.8 Å². The van der Waals surface area contributed by atoms with Crippen LogP contribution in [0.2, 0.25) is 0 Å². The molecule has 0 aliphatic heterocycles. The van der Waals surface area contributed by atoms with Crippen molar-refractivity contribution in [2.45, 2.75) is 44.8 Å². The normalized spacial score (nSPS) is 11.2. The Balaban J connectivity index is 1.95. The van der Waals surface area contributed by atoms with E-state index < -0.39 is 0 Å². The second-order valence-electron chi connectivity index (χ2n) is 5.51. The molecule has 2 aromatic rings. The molecule has 0 aliphatic carbocycles. The van der Waals surface area contributed by atoms with Crippen LogP contribution in [0.4, 0.5) is 0 Å². The Bertz CT molecular complexity index is 586. The molecule has 0 aliphatic rings. The first kappa shape index (κ1) is 17.0. The summed E-state index contributed by atoms with van der Waals surface area (Å²) in [6.07, 6.45) is 0. The lowest BCUT2D eigenvalue weighted by molar-refractivity contribution is -0.131. The van der Waals surface area contributed by atoms with Crippen LogP contribution in [0.25, 0.3) is 10.6 Å². The second-order valence-corrected chi connectivity index (χ2v) is 7.45. The molecule has 0 fully saturated rings.